The Labute approximate surface area is 72.7 Å². The zero-order valence-corrected chi connectivity index (χ0v) is 6.84. The monoisotopic (exact) mass is 200 g/mol. The minimum atomic E-state index is -1.63. The molecule has 0 amide bonds. The highest BCUT2D eigenvalue weighted by atomic mass is 35.5. The lowest BCUT2D eigenvalue weighted by Crippen LogP contribution is -2.32. The second-order valence-electron chi connectivity index (χ2n) is 1.82. The first kappa shape index (κ1) is 10.5. The van der Waals surface area contributed by atoms with Crippen molar-refractivity contribution in [2.45, 2.75) is 5.38 Å². The third kappa shape index (κ3) is 2.95. The fourth-order valence-electron chi connectivity index (χ4n) is 0.504. The molecule has 0 saturated heterocycles. The van der Waals surface area contributed by atoms with Crippen LogP contribution in [0.2, 0.25) is 0 Å². The van der Waals surface area contributed by atoms with Crippen LogP contribution in [0, 0.1) is 5.92 Å². The number of hydrogen-bond donors (Lipinski definition) is 2. The summed E-state index contributed by atoms with van der Waals surface area (Å²) in [6.07, 6.45) is 0. The average Bonchev–Trinajstić information content (AvgIpc) is 1.85. The topological polar surface area (TPSA) is 74.6 Å². The number of carboxylic acids is 2. The molecule has 0 spiro atoms. The number of carboxylic acid groups (broad SMARTS) is 2. The summed E-state index contributed by atoms with van der Waals surface area (Å²) in [7, 11) is 0. The van der Waals surface area contributed by atoms with Crippen molar-refractivity contribution in [2.75, 3.05) is 5.88 Å². The summed E-state index contributed by atoms with van der Waals surface area (Å²) in [6.45, 7) is 0. The van der Waals surface area contributed by atoms with Gasteiger partial charge >= 0.3 is 11.9 Å². The van der Waals surface area contributed by atoms with Crippen LogP contribution < -0.4 is 0 Å². The minimum Gasteiger partial charge on any atom is -0.481 e. The van der Waals surface area contributed by atoms with E-state index in [-0.39, 0.29) is 5.88 Å². The van der Waals surface area contributed by atoms with Crippen molar-refractivity contribution in [1.29, 1.82) is 0 Å². The predicted octanol–water partition coefficient (Wildman–Crippen LogP) is 0.618. The first-order valence-corrected chi connectivity index (χ1v) is 3.63. The summed E-state index contributed by atoms with van der Waals surface area (Å²) < 4.78 is 0. The van der Waals surface area contributed by atoms with Gasteiger partial charge in [-0.2, -0.15) is 0 Å². The van der Waals surface area contributed by atoms with Crippen molar-refractivity contribution in [3.05, 3.63) is 0 Å². The fourth-order valence-corrected chi connectivity index (χ4v) is 0.898. The van der Waals surface area contributed by atoms with Gasteiger partial charge in [0, 0.05) is 5.88 Å². The standard InChI is InChI=1S/C5H6Cl2O4/c6-1-2(7)3(4(8)9)5(10)11/h2-3H,1H2,(H,8,9)(H,10,11). The molecule has 0 rings (SSSR count). The van der Waals surface area contributed by atoms with E-state index in [4.69, 9.17) is 33.4 Å². The fraction of sp³-hybridized carbons (Fsp3) is 0.600. The summed E-state index contributed by atoms with van der Waals surface area (Å²) in [4.78, 5) is 20.4. The average molecular weight is 201 g/mol. The lowest BCUT2D eigenvalue weighted by atomic mass is 10.1. The van der Waals surface area contributed by atoms with E-state index in [1.807, 2.05) is 0 Å². The molecule has 0 aliphatic heterocycles. The number of rotatable bonds is 4. The van der Waals surface area contributed by atoms with E-state index in [9.17, 15) is 9.59 Å². The summed E-state index contributed by atoms with van der Waals surface area (Å²) in [5, 5.41) is 15.6. The zero-order chi connectivity index (χ0) is 9.02. The van der Waals surface area contributed by atoms with Crippen molar-refractivity contribution in [2.24, 2.45) is 5.92 Å². The van der Waals surface area contributed by atoms with Crippen molar-refractivity contribution in [3.8, 4) is 0 Å². The van der Waals surface area contributed by atoms with Gasteiger partial charge in [0.05, 0.1) is 5.38 Å². The Balaban J connectivity index is 4.34. The first-order chi connectivity index (χ1) is 5.00. The molecule has 0 fully saturated rings. The summed E-state index contributed by atoms with van der Waals surface area (Å²) >= 11 is 10.5. The van der Waals surface area contributed by atoms with Crippen molar-refractivity contribution in [3.63, 3.8) is 0 Å². The SMILES string of the molecule is O=C(O)C(C(=O)O)C(Cl)CCl. The minimum absolute atomic E-state index is 0.204. The van der Waals surface area contributed by atoms with Crippen LogP contribution in [0.5, 0.6) is 0 Å². The number of carbonyl (C=O) groups is 2. The molecule has 1 atom stereocenters. The largest absolute Gasteiger partial charge is 0.481 e. The highest BCUT2D eigenvalue weighted by Gasteiger charge is 2.32. The molecule has 0 bridgehead atoms. The normalized spacial score (nSPS) is 13.0. The van der Waals surface area contributed by atoms with Gasteiger partial charge in [-0.05, 0) is 0 Å². The van der Waals surface area contributed by atoms with E-state index in [1.54, 1.807) is 0 Å². The van der Waals surface area contributed by atoms with Gasteiger partial charge in [-0.1, -0.05) is 0 Å². The van der Waals surface area contributed by atoms with Gasteiger partial charge in [0.1, 0.15) is 0 Å². The second-order valence-corrected chi connectivity index (χ2v) is 2.69. The Morgan fingerprint density at radius 2 is 1.64 bits per heavy atom. The van der Waals surface area contributed by atoms with Crippen LogP contribution in [0.25, 0.3) is 0 Å². The molecule has 0 aromatic heterocycles. The molecule has 0 aliphatic carbocycles. The van der Waals surface area contributed by atoms with Crippen LogP contribution >= 0.6 is 23.2 Å². The number of hydrogen-bond acceptors (Lipinski definition) is 2. The molecule has 0 saturated carbocycles. The van der Waals surface area contributed by atoms with E-state index < -0.39 is 23.2 Å². The van der Waals surface area contributed by atoms with Gasteiger partial charge in [0.2, 0.25) is 0 Å². The third-order valence-corrected chi connectivity index (χ3v) is 1.94. The Hall–Kier alpha value is -0.480. The van der Waals surface area contributed by atoms with Crippen LogP contribution in [0.3, 0.4) is 0 Å². The molecule has 0 aliphatic rings. The molecular formula is C5H6Cl2O4. The summed E-state index contributed by atoms with van der Waals surface area (Å²) in [5.41, 5.74) is 0. The van der Waals surface area contributed by atoms with Crippen LogP contribution in [0.15, 0.2) is 0 Å². The van der Waals surface area contributed by atoms with Crippen LogP contribution in [0.4, 0.5) is 0 Å². The number of alkyl halides is 2. The van der Waals surface area contributed by atoms with Crippen LogP contribution in [-0.2, 0) is 9.59 Å². The lowest BCUT2D eigenvalue weighted by molar-refractivity contribution is -0.154. The quantitative estimate of drug-likeness (QED) is 0.516. The van der Waals surface area contributed by atoms with E-state index in [1.165, 1.54) is 0 Å². The van der Waals surface area contributed by atoms with Crippen LogP contribution in [0.1, 0.15) is 0 Å². The zero-order valence-electron chi connectivity index (χ0n) is 5.33. The lowest BCUT2D eigenvalue weighted by Gasteiger charge is -2.09. The smallest absolute Gasteiger partial charge is 0.319 e. The molecule has 0 aromatic carbocycles. The van der Waals surface area contributed by atoms with E-state index in [0.717, 1.165) is 0 Å². The molecule has 11 heavy (non-hydrogen) atoms. The Morgan fingerprint density at radius 3 is 1.73 bits per heavy atom. The summed E-state index contributed by atoms with van der Waals surface area (Å²) in [6, 6.07) is 0. The number of aliphatic carboxylic acids is 2. The van der Waals surface area contributed by atoms with E-state index in [0.29, 0.717) is 0 Å². The maximum absolute atomic E-state index is 10.2. The number of halogens is 2. The summed E-state index contributed by atoms with van der Waals surface area (Å²) in [5.74, 6) is -4.78. The van der Waals surface area contributed by atoms with Gasteiger partial charge in [-0.3, -0.25) is 9.59 Å². The van der Waals surface area contributed by atoms with Gasteiger partial charge in [0.25, 0.3) is 0 Å². The highest BCUT2D eigenvalue weighted by Crippen LogP contribution is 2.13. The molecule has 4 nitrogen and oxygen atoms in total. The van der Waals surface area contributed by atoms with E-state index in [2.05, 4.69) is 0 Å². The molecular weight excluding hydrogens is 195 g/mol. The van der Waals surface area contributed by atoms with Gasteiger partial charge in [-0.25, -0.2) is 0 Å². The third-order valence-electron chi connectivity index (χ3n) is 1.04. The van der Waals surface area contributed by atoms with Gasteiger partial charge in [0.15, 0.2) is 5.92 Å². The maximum atomic E-state index is 10.2. The predicted molar refractivity (Wildman–Crippen MR) is 39.1 cm³/mol. The molecule has 2 N–H and O–H groups in total. The van der Waals surface area contributed by atoms with E-state index >= 15 is 0 Å². The molecule has 64 valence electrons. The maximum Gasteiger partial charge on any atom is 0.319 e. The molecule has 0 aromatic rings. The van der Waals surface area contributed by atoms with Gasteiger partial charge in [-0.15, -0.1) is 23.2 Å². The van der Waals surface area contributed by atoms with Crippen LogP contribution in [-0.4, -0.2) is 33.4 Å². The first-order valence-electron chi connectivity index (χ1n) is 2.66. The second kappa shape index (κ2) is 4.41. The molecule has 6 heteroatoms. The van der Waals surface area contributed by atoms with Crippen molar-refractivity contribution >= 4 is 35.1 Å². The molecule has 0 heterocycles. The van der Waals surface area contributed by atoms with Crippen molar-refractivity contribution < 1.29 is 19.8 Å². The van der Waals surface area contributed by atoms with Crippen molar-refractivity contribution in [1.82, 2.24) is 0 Å². The molecule has 1 unspecified atom stereocenters. The van der Waals surface area contributed by atoms with Gasteiger partial charge < -0.3 is 10.2 Å². The Morgan fingerprint density at radius 1 is 1.27 bits per heavy atom. The molecule has 0 radical (unpaired) electrons. The Kier molecular flexibility index (Phi) is 4.22. The highest BCUT2D eigenvalue weighted by molar-refractivity contribution is 6.30. The Bertz CT molecular complexity index is 156.